The third-order valence-corrected chi connectivity index (χ3v) is 3.13. The zero-order valence-corrected chi connectivity index (χ0v) is 12.5. The monoisotopic (exact) mass is 354 g/mol. The number of hydrogen-bond donors (Lipinski definition) is 3. The van der Waals surface area contributed by atoms with Crippen molar-refractivity contribution in [1.82, 2.24) is 5.32 Å². The van der Waals surface area contributed by atoms with Crippen molar-refractivity contribution in [3.63, 3.8) is 0 Å². The number of nitrogens with one attached hydrogen (secondary N) is 2. The molecule has 23 heavy (non-hydrogen) atoms. The molecular weight excluding hydrogens is 341 g/mol. The van der Waals surface area contributed by atoms with Gasteiger partial charge in [-0.2, -0.15) is 0 Å². The van der Waals surface area contributed by atoms with Crippen molar-refractivity contribution in [2.24, 2.45) is 0 Å². The molecule has 0 aromatic heterocycles. The van der Waals surface area contributed by atoms with E-state index in [9.17, 15) is 31.2 Å². The molecule has 0 saturated carbocycles. The molecule has 128 valence electrons. The molecule has 0 heterocycles. The van der Waals surface area contributed by atoms with Crippen LogP contribution in [0.4, 0.5) is 18.9 Å². The lowest BCUT2D eigenvalue weighted by Gasteiger charge is -2.16. The minimum atomic E-state index is -3.80. The Morgan fingerprint density at radius 2 is 1.91 bits per heavy atom. The van der Waals surface area contributed by atoms with Gasteiger partial charge in [0.25, 0.3) is 5.91 Å². The normalized spacial score (nSPS) is 12.7. The van der Waals surface area contributed by atoms with E-state index in [1.54, 1.807) is 5.32 Å². The van der Waals surface area contributed by atoms with E-state index in [0.717, 1.165) is 18.4 Å². The van der Waals surface area contributed by atoms with Gasteiger partial charge in [-0.05, 0) is 18.2 Å². The number of halogens is 3. The van der Waals surface area contributed by atoms with E-state index >= 15 is 0 Å². The van der Waals surface area contributed by atoms with Gasteiger partial charge in [0.15, 0.2) is 0 Å². The van der Waals surface area contributed by atoms with Gasteiger partial charge >= 0.3 is 5.97 Å². The number of rotatable bonds is 7. The first-order valence-electron chi connectivity index (χ1n) is 6.08. The number of benzene rings is 1. The van der Waals surface area contributed by atoms with Gasteiger partial charge in [0, 0.05) is 6.42 Å². The summed E-state index contributed by atoms with van der Waals surface area (Å²) in [7, 11) is -3.80. The third kappa shape index (κ3) is 6.14. The molecule has 0 bridgehead atoms. The lowest BCUT2D eigenvalue weighted by Crippen LogP contribution is -2.42. The van der Waals surface area contributed by atoms with Gasteiger partial charge in [-0.25, -0.2) is 26.4 Å². The summed E-state index contributed by atoms with van der Waals surface area (Å²) in [5, 5.41) is 10.6. The lowest BCUT2D eigenvalue weighted by atomic mass is 10.1. The average molecular weight is 354 g/mol. The average Bonchev–Trinajstić information content (AvgIpc) is 2.37. The first-order chi connectivity index (χ1) is 10.5. The molecule has 3 N–H and O–H groups in total. The second kappa shape index (κ2) is 7.31. The molecule has 11 heteroatoms. The Morgan fingerprint density at radius 1 is 1.30 bits per heavy atom. The maximum atomic E-state index is 13.3. The predicted octanol–water partition coefficient (Wildman–Crippen LogP) is 1.04. The van der Waals surface area contributed by atoms with E-state index in [2.05, 4.69) is 0 Å². The lowest BCUT2D eigenvalue weighted by molar-refractivity contribution is -0.140. The second-order valence-electron chi connectivity index (χ2n) is 4.56. The summed E-state index contributed by atoms with van der Waals surface area (Å²) in [6, 6.07) is 0.577. The topological polar surface area (TPSA) is 113 Å². The fourth-order valence-corrected chi connectivity index (χ4v) is 2.21. The minimum absolute atomic E-state index is 0.312. The Balaban J connectivity index is 3.10. The highest BCUT2D eigenvalue weighted by molar-refractivity contribution is 7.92. The Labute approximate surface area is 129 Å². The highest BCUT2D eigenvalue weighted by Gasteiger charge is 2.26. The van der Waals surface area contributed by atoms with Crippen LogP contribution in [0.1, 0.15) is 16.8 Å². The van der Waals surface area contributed by atoms with Crippen molar-refractivity contribution in [3.8, 4) is 0 Å². The summed E-state index contributed by atoms with van der Waals surface area (Å²) >= 11 is 0. The molecule has 1 aromatic carbocycles. The summed E-state index contributed by atoms with van der Waals surface area (Å²) in [6.45, 7) is 0. The zero-order valence-electron chi connectivity index (χ0n) is 11.7. The molecule has 0 aliphatic rings. The zero-order chi connectivity index (χ0) is 17.8. The molecule has 0 aliphatic carbocycles. The van der Waals surface area contributed by atoms with Crippen LogP contribution in [0.5, 0.6) is 0 Å². The Kier molecular flexibility index (Phi) is 5.96. The quantitative estimate of drug-likeness (QED) is 0.677. The number of carboxylic acid groups (broad SMARTS) is 1. The molecule has 1 amide bonds. The number of alkyl halides is 2. The van der Waals surface area contributed by atoms with Crippen LogP contribution in [0.2, 0.25) is 0 Å². The van der Waals surface area contributed by atoms with E-state index in [1.807, 2.05) is 4.72 Å². The smallest absolute Gasteiger partial charge is 0.326 e. The molecule has 7 nitrogen and oxygen atoms in total. The maximum absolute atomic E-state index is 13.3. The van der Waals surface area contributed by atoms with Crippen molar-refractivity contribution in [3.05, 3.63) is 29.6 Å². The summed E-state index contributed by atoms with van der Waals surface area (Å²) in [6.07, 6.45) is -3.35. The van der Waals surface area contributed by atoms with Gasteiger partial charge in [0.1, 0.15) is 11.9 Å². The van der Waals surface area contributed by atoms with Gasteiger partial charge in [-0.15, -0.1) is 0 Å². The number of amides is 1. The van der Waals surface area contributed by atoms with E-state index < -0.39 is 52.2 Å². The molecule has 1 rings (SSSR count). The predicted molar refractivity (Wildman–Crippen MR) is 74.4 cm³/mol. The molecule has 0 saturated heterocycles. The van der Waals surface area contributed by atoms with E-state index in [4.69, 9.17) is 5.11 Å². The van der Waals surface area contributed by atoms with Gasteiger partial charge in [0.2, 0.25) is 16.4 Å². The molecule has 0 aliphatic heterocycles. The van der Waals surface area contributed by atoms with Crippen LogP contribution in [0.25, 0.3) is 0 Å². The van der Waals surface area contributed by atoms with Crippen molar-refractivity contribution in [1.29, 1.82) is 0 Å². The highest BCUT2D eigenvalue weighted by atomic mass is 32.2. The Hall–Kier alpha value is -2.30. The fraction of sp³-hybridized carbons (Fsp3) is 0.333. The van der Waals surface area contributed by atoms with E-state index in [0.29, 0.717) is 6.07 Å². The number of anilines is 1. The van der Waals surface area contributed by atoms with E-state index in [1.165, 1.54) is 0 Å². The molecule has 1 aromatic rings. The molecule has 0 fully saturated rings. The largest absolute Gasteiger partial charge is 0.480 e. The van der Waals surface area contributed by atoms with Gasteiger partial charge in [-0.3, -0.25) is 9.52 Å². The second-order valence-corrected chi connectivity index (χ2v) is 6.30. The van der Waals surface area contributed by atoms with Gasteiger partial charge < -0.3 is 10.4 Å². The summed E-state index contributed by atoms with van der Waals surface area (Å²) in [5.41, 5.74) is -0.844. The third-order valence-electron chi connectivity index (χ3n) is 2.54. The minimum Gasteiger partial charge on any atom is -0.480 e. The SMILES string of the molecule is CS(=O)(=O)Nc1ccc(F)cc1C(=O)NC(CC(F)F)C(=O)O. The molecular formula is C12H13F3N2O5S. The number of aliphatic carboxylic acids is 1. The van der Waals surface area contributed by atoms with E-state index in [-0.39, 0.29) is 5.69 Å². The molecule has 0 spiro atoms. The van der Waals surface area contributed by atoms with Crippen LogP contribution in [-0.4, -0.2) is 44.1 Å². The first kappa shape index (κ1) is 18.7. The van der Waals surface area contributed by atoms with Crippen LogP contribution >= 0.6 is 0 Å². The van der Waals surface area contributed by atoms with Crippen molar-refractivity contribution < 1.29 is 36.3 Å². The molecule has 1 unspecified atom stereocenters. The fourth-order valence-electron chi connectivity index (χ4n) is 1.63. The van der Waals surface area contributed by atoms with Gasteiger partial charge in [-0.1, -0.05) is 0 Å². The number of carbonyl (C=O) groups excluding carboxylic acids is 1. The van der Waals surface area contributed by atoms with Gasteiger partial charge in [0.05, 0.1) is 17.5 Å². The summed E-state index contributed by atoms with van der Waals surface area (Å²) in [4.78, 5) is 22.8. The molecule has 1 atom stereocenters. The molecule has 0 radical (unpaired) electrons. The number of carbonyl (C=O) groups is 2. The Bertz CT molecular complexity index is 709. The maximum Gasteiger partial charge on any atom is 0.326 e. The van der Waals surface area contributed by atoms with Crippen LogP contribution in [0.15, 0.2) is 18.2 Å². The van der Waals surface area contributed by atoms with Crippen LogP contribution in [0, 0.1) is 5.82 Å². The first-order valence-corrected chi connectivity index (χ1v) is 7.98. The van der Waals surface area contributed by atoms with Crippen molar-refractivity contribution in [2.75, 3.05) is 11.0 Å². The summed E-state index contributed by atoms with van der Waals surface area (Å²) < 4.78 is 62.2. The Morgan fingerprint density at radius 3 is 2.39 bits per heavy atom. The number of hydrogen-bond acceptors (Lipinski definition) is 4. The van der Waals surface area contributed by atoms with Crippen molar-refractivity contribution >= 4 is 27.6 Å². The van der Waals surface area contributed by atoms with Crippen LogP contribution in [-0.2, 0) is 14.8 Å². The van der Waals surface area contributed by atoms with Crippen LogP contribution in [0.3, 0.4) is 0 Å². The highest BCUT2D eigenvalue weighted by Crippen LogP contribution is 2.19. The van der Waals surface area contributed by atoms with Crippen molar-refractivity contribution in [2.45, 2.75) is 18.9 Å². The number of carboxylic acids is 1. The standard InChI is InChI=1S/C12H13F3N2O5S/c1-23(21,22)17-8-3-2-6(13)4-7(8)11(18)16-9(12(19)20)5-10(14)15/h2-4,9-10,17H,5H2,1H3,(H,16,18)(H,19,20). The number of sulfonamides is 1. The van der Waals surface area contributed by atoms with Crippen LogP contribution < -0.4 is 10.0 Å². The summed E-state index contributed by atoms with van der Waals surface area (Å²) in [5.74, 6) is -3.80.